The quantitative estimate of drug-likeness (QED) is 0.859. The highest BCUT2D eigenvalue weighted by Gasteiger charge is 2.19. The summed E-state index contributed by atoms with van der Waals surface area (Å²) in [6.07, 6.45) is 3.56. The monoisotopic (exact) mass is 270 g/mol. The zero-order valence-electron chi connectivity index (χ0n) is 11.6. The molecule has 0 bridgehead atoms. The second-order valence-corrected chi connectivity index (χ2v) is 4.91. The molecular formula is C16H18N2O2. The van der Waals surface area contributed by atoms with Gasteiger partial charge in [-0.15, -0.1) is 0 Å². The molecule has 1 saturated heterocycles. The molecule has 0 radical (unpaired) electrons. The Bertz CT molecular complexity index is 598. The zero-order chi connectivity index (χ0) is 13.9. The summed E-state index contributed by atoms with van der Waals surface area (Å²) in [6, 6.07) is 5.94. The number of hydrogen-bond donors (Lipinski definition) is 0. The van der Waals surface area contributed by atoms with E-state index in [-0.39, 0.29) is 0 Å². The Labute approximate surface area is 118 Å². The number of morpholine rings is 1. The van der Waals surface area contributed by atoms with Gasteiger partial charge in [-0.2, -0.15) is 0 Å². The maximum atomic E-state index is 5.99. The van der Waals surface area contributed by atoms with Gasteiger partial charge in [-0.3, -0.25) is 4.98 Å². The molecule has 2 aromatic rings. The van der Waals surface area contributed by atoms with Crippen LogP contribution in [0.1, 0.15) is 11.3 Å². The molecule has 1 aliphatic heterocycles. The van der Waals surface area contributed by atoms with Crippen molar-refractivity contribution in [1.82, 2.24) is 9.88 Å². The lowest BCUT2D eigenvalue weighted by Gasteiger charge is -2.29. The highest BCUT2D eigenvalue weighted by molar-refractivity contribution is 5.66. The van der Waals surface area contributed by atoms with Crippen LogP contribution in [0.2, 0.25) is 0 Å². The van der Waals surface area contributed by atoms with E-state index in [0.717, 1.165) is 54.6 Å². The summed E-state index contributed by atoms with van der Waals surface area (Å²) in [5, 5.41) is 0. The van der Waals surface area contributed by atoms with Crippen LogP contribution in [0.25, 0.3) is 17.0 Å². The molecule has 4 nitrogen and oxygen atoms in total. The molecule has 104 valence electrons. The van der Waals surface area contributed by atoms with Crippen LogP contribution in [-0.4, -0.2) is 36.2 Å². The van der Waals surface area contributed by atoms with Crippen LogP contribution in [-0.2, 0) is 4.74 Å². The first-order valence-corrected chi connectivity index (χ1v) is 6.78. The first-order valence-electron chi connectivity index (χ1n) is 6.78. The van der Waals surface area contributed by atoms with E-state index >= 15 is 0 Å². The van der Waals surface area contributed by atoms with E-state index in [0.29, 0.717) is 0 Å². The molecule has 3 heterocycles. The number of pyridine rings is 1. The standard InChI is InChI=1S/C16H18N2O2/c1-12-10-15(14-4-3-5-17-11-14)20-16(12)13(2)18-6-8-19-9-7-18/h3-5,10-11H,2,6-9H2,1H3. The highest BCUT2D eigenvalue weighted by Crippen LogP contribution is 2.30. The molecule has 4 heteroatoms. The number of aryl methyl sites for hydroxylation is 1. The Morgan fingerprint density at radius 2 is 2.15 bits per heavy atom. The maximum Gasteiger partial charge on any atom is 0.153 e. The van der Waals surface area contributed by atoms with E-state index in [4.69, 9.17) is 9.15 Å². The molecule has 0 spiro atoms. The number of rotatable bonds is 3. The Kier molecular flexibility index (Phi) is 3.56. The van der Waals surface area contributed by atoms with E-state index in [2.05, 4.69) is 16.5 Å². The van der Waals surface area contributed by atoms with Crippen molar-refractivity contribution in [3.8, 4) is 11.3 Å². The topological polar surface area (TPSA) is 38.5 Å². The van der Waals surface area contributed by atoms with Crippen molar-refractivity contribution in [3.05, 3.63) is 48.5 Å². The van der Waals surface area contributed by atoms with Crippen molar-refractivity contribution in [2.75, 3.05) is 26.3 Å². The molecule has 0 N–H and O–H groups in total. The van der Waals surface area contributed by atoms with Crippen molar-refractivity contribution in [3.63, 3.8) is 0 Å². The molecule has 0 amide bonds. The fourth-order valence-electron chi connectivity index (χ4n) is 2.40. The molecule has 2 aromatic heterocycles. The minimum Gasteiger partial charge on any atom is -0.454 e. The number of aromatic nitrogens is 1. The molecule has 3 rings (SSSR count). The molecule has 1 fully saturated rings. The van der Waals surface area contributed by atoms with Gasteiger partial charge >= 0.3 is 0 Å². The SMILES string of the molecule is C=C(c1oc(-c2cccnc2)cc1C)N1CCOCC1. The third-order valence-corrected chi connectivity index (χ3v) is 3.52. The largest absolute Gasteiger partial charge is 0.454 e. The lowest BCUT2D eigenvalue weighted by atomic mass is 10.2. The first-order chi connectivity index (χ1) is 9.75. The summed E-state index contributed by atoms with van der Waals surface area (Å²) in [4.78, 5) is 6.34. The van der Waals surface area contributed by atoms with Crippen molar-refractivity contribution in [2.24, 2.45) is 0 Å². The lowest BCUT2D eigenvalue weighted by Crippen LogP contribution is -2.34. The fourth-order valence-corrected chi connectivity index (χ4v) is 2.40. The smallest absolute Gasteiger partial charge is 0.153 e. The molecule has 0 aromatic carbocycles. The molecule has 0 unspecified atom stereocenters. The summed E-state index contributed by atoms with van der Waals surface area (Å²) < 4.78 is 11.4. The van der Waals surface area contributed by atoms with Crippen LogP contribution in [0.3, 0.4) is 0 Å². The second kappa shape index (κ2) is 5.51. The van der Waals surface area contributed by atoms with E-state index in [1.165, 1.54) is 0 Å². The van der Waals surface area contributed by atoms with Crippen molar-refractivity contribution < 1.29 is 9.15 Å². The summed E-state index contributed by atoms with van der Waals surface area (Å²) in [6.45, 7) is 9.44. The summed E-state index contributed by atoms with van der Waals surface area (Å²) in [5.41, 5.74) is 3.01. The van der Waals surface area contributed by atoms with Gasteiger partial charge in [-0.25, -0.2) is 0 Å². The number of nitrogens with zero attached hydrogens (tertiary/aromatic N) is 2. The lowest BCUT2D eigenvalue weighted by molar-refractivity contribution is 0.0634. The van der Waals surface area contributed by atoms with E-state index in [9.17, 15) is 0 Å². The minimum atomic E-state index is 0.744. The molecule has 20 heavy (non-hydrogen) atoms. The van der Waals surface area contributed by atoms with Gasteiger partial charge in [0.15, 0.2) is 5.76 Å². The zero-order valence-corrected chi connectivity index (χ0v) is 11.6. The van der Waals surface area contributed by atoms with Gasteiger partial charge in [0.1, 0.15) is 5.76 Å². The minimum absolute atomic E-state index is 0.744. The number of ether oxygens (including phenoxy) is 1. The molecule has 0 saturated carbocycles. The van der Waals surface area contributed by atoms with Crippen LogP contribution >= 0.6 is 0 Å². The second-order valence-electron chi connectivity index (χ2n) is 4.91. The summed E-state index contributed by atoms with van der Waals surface area (Å²) in [7, 11) is 0. The number of furan rings is 1. The first kappa shape index (κ1) is 12.9. The van der Waals surface area contributed by atoms with E-state index in [1.54, 1.807) is 12.4 Å². The Morgan fingerprint density at radius 1 is 1.35 bits per heavy atom. The molecule has 1 aliphatic rings. The fraction of sp³-hybridized carbons (Fsp3) is 0.312. The maximum absolute atomic E-state index is 5.99. The van der Waals surface area contributed by atoms with Crippen LogP contribution in [0.4, 0.5) is 0 Å². The van der Waals surface area contributed by atoms with Crippen molar-refractivity contribution in [1.29, 1.82) is 0 Å². The normalized spacial score (nSPS) is 15.3. The average Bonchev–Trinajstić information content (AvgIpc) is 2.90. The molecular weight excluding hydrogens is 252 g/mol. The van der Waals surface area contributed by atoms with Gasteiger partial charge in [0, 0.05) is 31.0 Å². The van der Waals surface area contributed by atoms with Crippen LogP contribution in [0.15, 0.2) is 41.6 Å². The Morgan fingerprint density at radius 3 is 2.85 bits per heavy atom. The van der Waals surface area contributed by atoms with Gasteiger partial charge < -0.3 is 14.1 Å². The van der Waals surface area contributed by atoms with Gasteiger partial charge in [0.2, 0.25) is 0 Å². The Hall–Kier alpha value is -2.07. The number of hydrogen-bond acceptors (Lipinski definition) is 4. The van der Waals surface area contributed by atoms with Crippen LogP contribution < -0.4 is 0 Å². The van der Waals surface area contributed by atoms with E-state index < -0.39 is 0 Å². The van der Waals surface area contributed by atoms with Crippen LogP contribution in [0, 0.1) is 6.92 Å². The van der Waals surface area contributed by atoms with E-state index in [1.807, 2.05) is 25.1 Å². The predicted molar refractivity (Wildman–Crippen MR) is 78.1 cm³/mol. The highest BCUT2D eigenvalue weighted by atomic mass is 16.5. The van der Waals surface area contributed by atoms with Gasteiger partial charge in [0.05, 0.1) is 18.9 Å². The van der Waals surface area contributed by atoms with Crippen molar-refractivity contribution in [2.45, 2.75) is 6.92 Å². The van der Waals surface area contributed by atoms with Gasteiger partial charge in [-0.05, 0) is 30.7 Å². The van der Waals surface area contributed by atoms with Gasteiger partial charge in [-0.1, -0.05) is 6.58 Å². The summed E-state index contributed by atoms with van der Waals surface area (Å²) >= 11 is 0. The third kappa shape index (κ3) is 2.47. The average molecular weight is 270 g/mol. The van der Waals surface area contributed by atoms with Gasteiger partial charge in [0.25, 0.3) is 0 Å². The molecule has 0 atom stereocenters. The molecule has 0 aliphatic carbocycles. The predicted octanol–water partition coefficient (Wildman–Crippen LogP) is 2.95. The third-order valence-electron chi connectivity index (χ3n) is 3.52. The van der Waals surface area contributed by atoms with Crippen LogP contribution in [0.5, 0.6) is 0 Å². The van der Waals surface area contributed by atoms with Crippen molar-refractivity contribution >= 4 is 5.70 Å². The Balaban J connectivity index is 1.87. The summed E-state index contributed by atoms with van der Waals surface area (Å²) in [5.74, 6) is 1.69.